The molecule has 1 aromatic carbocycles. The summed E-state index contributed by atoms with van der Waals surface area (Å²) in [5.74, 6) is 0. The van der Waals surface area contributed by atoms with Crippen molar-refractivity contribution in [1.29, 1.82) is 0 Å². The zero-order valence-electron chi connectivity index (χ0n) is 14.2. The lowest BCUT2D eigenvalue weighted by Gasteiger charge is -2.19. The summed E-state index contributed by atoms with van der Waals surface area (Å²) in [5.41, 5.74) is 1.51. The Morgan fingerprint density at radius 1 is 1.20 bits per heavy atom. The van der Waals surface area contributed by atoms with Gasteiger partial charge in [0.05, 0.1) is 15.9 Å². The van der Waals surface area contributed by atoms with Crippen molar-refractivity contribution >= 4 is 38.2 Å². The van der Waals surface area contributed by atoms with E-state index in [1.165, 1.54) is 16.4 Å². The highest BCUT2D eigenvalue weighted by Gasteiger charge is 2.25. The third kappa shape index (κ3) is 2.92. The van der Waals surface area contributed by atoms with Gasteiger partial charge in [-0.1, -0.05) is 25.4 Å². The summed E-state index contributed by atoms with van der Waals surface area (Å²) in [7, 11) is -3.77. The van der Waals surface area contributed by atoms with E-state index in [9.17, 15) is 13.2 Å². The highest BCUT2D eigenvalue weighted by molar-refractivity contribution is 7.89. The summed E-state index contributed by atoms with van der Waals surface area (Å²) in [6, 6.07) is 6.51. The van der Waals surface area contributed by atoms with E-state index in [2.05, 4.69) is 4.98 Å². The molecule has 0 unspecified atom stereocenters. The van der Waals surface area contributed by atoms with Crippen molar-refractivity contribution in [3.8, 4) is 0 Å². The first kappa shape index (κ1) is 17.8. The van der Waals surface area contributed by atoms with Gasteiger partial charge in [-0.25, -0.2) is 8.42 Å². The van der Waals surface area contributed by atoms with Gasteiger partial charge in [0, 0.05) is 19.3 Å². The summed E-state index contributed by atoms with van der Waals surface area (Å²) in [6.45, 7) is 6.05. The number of aromatic nitrogens is 2. The van der Waals surface area contributed by atoms with Gasteiger partial charge in [0.15, 0.2) is 0 Å². The third-order valence-electron chi connectivity index (χ3n) is 4.17. The predicted octanol–water partition coefficient (Wildman–Crippen LogP) is 2.84. The lowest BCUT2D eigenvalue weighted by Crippen LogP contribution is -2.31. The monoisotopic (exact) mass is 379 g/mol. The molecule has 132 valence electrons. The predicted molar refractivity (Wildman–Crippen MR) is 98.8 cm³/mol. The van der Waals surface area contributed by atoms with E-state index in [0.29, 0.717) is 24.3 Å². The van der Waals surface area contributed by atoms with Crippen LogP contribution >= 0.6 is 11.6 Å². The zero-order valence-corrected chi connectivity index (χ0v) is 15.7. The summed E-state index contributed by atoms with van der Waals surface area (Å²) in [4.78, 5) is 16.4. The Labute approximate surface area is 150 Å². The smallest absolute Gasteiger partial charge is 0.281 e. The first-order valence-corrected chi connectivity index (χ1v) is 9.73. The lowest BCUT2D eigenvalue weighted by atomic mass is 10.2. The molecular formula is C17H18ClN3O3S. The Bertz CT molecular complexity index is 1140. The third-order valence-corrected chi connectivity index (χ3v) is 6.68. The first-order valence-electron chi connectivity index (χ1n) is 7.92. The van der Waals surface area contributed by atoms with Gasteiger partial charge in [0.2, 0.25) is 10.0 Å². The van der Waals surface area contributed by atoms with Crippen molar-refractivity contribution in [2.75, 3.05) is 13.1 Å². The summed E-state index contributed by atoms with van der Waals surface area (Å²) in [5, 5.41) is 0.302. The first-order chi connectivity index (χ1) is 11.8. The van der Waals surface area contributed by atoms with Crippen molar-refractivity contribution in [3.05, 3.63) is 51.4 Å². The van der Waals surface area contributed by atoms with Crippen molar-refractivity contribution < 1.29 is 8.42 Å². The highest BCUT2D eigenvalue weighted by Crippen LogP contribution is 2.28. The van der Waals surface area contributed by atoms with Gasteiger partial charge in [-0.05, 0) is 36.8 Å². The number of benzene rings is 1. The molecule has 0 saturated carbocycles. The second kappa shape index (κ2) is 6.40. The normalized spacial score (nSPS) is 12.4. The number of aryl methyl sites for hydroxylation is 1. The minimum atomic E-state index is -3.77. The van der Waals surface area contributed by atoms with Crippen molar-refractivity contribution in [2.45, 2.75) is 25.7 Å². The highest BCUT2D eigenvalue weighted by atomic mass is 35.5. The molecule has 2 aromatic heterocycles. The van der Waals surface area contributed by atoms with Crippen LogP contribution in [0.1, 0.15) is 19.4 Å². The number of hydrogen-bond acceptors (Lipinski definition) is 4. The maximum absolute atomic E-state index is 12.8. The molecule has 0 aliphatic rings. The maximum atomic E-state index is 12.8. The average Bonchev–Trinajstić information content (AvgIpc) is 2.54. The van der Waals surface area contributed by atoms with Crippen LogP contribution in [0.5, 0.6) is 0 Å². The summed E-state index contributed by atoms with van der Waals surface area (Å²) < 4.78 is 28.6. The minimum absolute atomic E-state index is 0.0728. The van der Waals surface area contributed by atoms with E-state index in [1.54, 1.807) is 30.5 Å². The molecule has 0 atom stereocenters. The van der Waals surface area contributed by atoms with Crippen LogP contribution < -0.4 is 5.56 Å². The van der Waals surface area contributed by atoms with Crippen LogP contribution in [0.25, 0.3) is 16.6 Å². The number of sulfonamides is 1. The van der Waals surface area contributed by atoms with E-state index < -0.39 is 15.6 Å². The number of halogens is 1. The molecular weight excluding hydrogens is 362 g/mol. The molecule has 2 heterocycles. The van der Waals surface area contributed by atoms with Gasteiger partial charge in [-0.15, -0.1) is 0 Å². The molecule has 3 aromatic rings. The van der Waals surface area contributed by atoms with Crippen LogP contribution in [0, 0.1) is 6.92 Å². The molecule has 0 amide bonds. The molecule has 3 rings (SSSR count). The maximum Gasteiger partial charge on any atom is 0.281 e. The van der Waals surface area contributed by atoms with Crippen LogP contribution in [0.3, 0.4) is 0 Å². The van der Waals surface area contributed by atoms with Crippen LogP contribution in [0.2, 0.25) is 5.02 Å². The van der Waals surface area contributed by atoms with Gasteiger partial charge in [0.1, 0.15) is 10.5 Å². The molecule has 25 heavy (non-hydrogen) atoms. The number of hydrogen-bond donors (Lipinski definition) is 0. The quantitative estimate of drug-likeness (QED) is 0.653. The zero-order chi connectivity index (χ0) is 18.4. The van der Waals surface area contributed by atoms with Crippen molar-refractivity contribution in [1.82, 2.24) is 13.7 Å². The van der Waals surface area contributed by atoms with E-state index >= 15 is 0 Å². The minimum Gasteiger partial charge on any atom is -0.301 e. The summed E-state index contributed by atoms with van der Waals surface area (Å²) in [6.07, 6.45) is 1.79. The van der Waals surface area contributed by atoms with E-state index in [-0.39, 0.29) is 15.3 Å². The van der Waals surface area contributed by atoms with Crippen molar-refractivity contribution in [2.24, 2.45) is 0 Å². The molecule has 0 fully saturated rings. The van der Waals surface area contributed by atoms with E-state index in [1.807, 2.05) is 13.0 Å². The van der Waals surface area contributed by atoms with E-state index in [0.717, 1.165) is 5.56 Å². The van der Waals surface area contributed by atoms with Gasteiger partial charge >= 0.3 is 0 Å². The van der Waals surface area contributed by atoms with Gasteiger partial charge in [-0.2, -0.15) is 9.29 Å². The Morgan fingerprint density at radius 3 is 2.52 bits per heavy atom. The largest absolute Gasteiger partial charge is 0.301 e. The molecule has 0 aliphatic carbocycles. The number of rotatable bonds is 4. The fraction of sp³-hybridized carbons (Fsp3) is 0.294. The molecule has 0 N–H and O–H groups in total. The molecule has 0 saturated heterocycles. The van der Waals surface area contributed by atoms with Gasteiger partial charge in [-0.3, -0.25) is 4.79 Å². The van der Waals surface area contributed by atoms with E-state index in [4.69, 9.17) is 11.6 Å². The SMILES string of the molecule is CCN(CC)S(=O)(=O)c1cc2c(=O)nc3cc(C)ccn3c2cc1Cl. The standard InChI is InChI=1S/C17H18ClN3O3S/c1-4-20(5-2)25(23,24)15-9-12-14(10-13(15)18)21-7-6-11(3)8-16(21)19-17(12)22/h6-10H,4-5H2,1-3H3. The number of pyridine rings is 1. The molecule has 0 spiro atoms. The fourth-order valence-electron chi connectivity index (χ4n) is 2.86. The Hall–Kier alpha value is -1.96. The number of fused-ring (bicyclic) bond motifs is 3. The van der Waals surface area contributed by atoms with Gasteiger partial charge in [0.25, 0.3) is 5.56 Å². The molecule has 6 nitrogen and oxygen atoms in total. The number of nitrogens with zero attached hydrogens (tertiary/aromatic N) is 3. The van der Waals surface area contributed by atoms with Crippen LogP contribution in [0.4, 0.5) is 0 Å². The topological polar surface area (TPSA) is 71.8 Å². The second-order valence-electron chi connectivity index (χ2n) is 5.74. The molecule has 8 heteroatoms. The van der Waals surface area contributed by atoms with Crippen LogP contribution in [-0.4, -0.2) is 35.2 Å². The second-order valence-corrected chi connectivity index (χ2v) is 8.05. The fourth-order valence-corrected chi connectivity index (χ4v) is 4.84. The van der Waals surface area contributed by atoms with Crippen LogP contribution in [-0.2, 0) is 10.0 Å². The van der Waals surface area contributed by atoms with Crippen molar-refractivity contribution in [3.63, 3.8) is 0 Å². The average molecular weight is 380 g/mol. The Balaban J connectivity index is 2.38. The Morgan fingerprint density at radius 2 is 1.88 bits per heavy atom. The molecule has 0 bridgehead atoms. The Kier molecular flexibility index (Phi) is 4.57. The summed E-state index contributed by atoms with van der Waals surface area (Å²) >= 11 is 6.29. The molecule has 0 aliphatic heterocycles. The van der Waals surface area contributed by atoms with Gasteiger partial charge < -0.3 is 4.40 Å². The lowest BCUT2D eigenvalue weighted by molar-refractivity contribution is 0.445. The van der Waals surface area contributed by atoms with Crippen LogP contribution in [0.15, 0.2) is 40.2 Å². The molecule has 0 radical (unpaired) electrons.